The zero-order chi connectivity index (χ0) is 19.4. The van der Waals surface area contributed by atoms with Gasteiger partial charge in [-0.1, -0.05) is 11.6 Å². The molecule has 2 N–H and O–H groups in total. The number of carbonyl (C=O) groups excluding carboxylic acids is 1. The zero-order valence-electron chi connectivity index (χ0n) is 15.5. The molecule has 1 aliphatic rings. The van der Waals surface area contributed by atoms with Crippen LogP contribution in [-0.4, -0.2) is 52.4 Å². The molecule has 0 bridgehead atoms. The Kier molecular flexibility index (Phi) is 6.36. The van der Waals surface area contributed by atoms with Crippen LogP contribution >= 0.6 is 11.6 Å². The number of aryl methyl sites for hydroxylation is 1. The maximum atomic E-state index is 12.4. The molecule has 0 unspecified atom stereocenters. The first-order chi connectivity index (χ1) is 13.0. The number of benzene rings is 1. The molecule has 1 fully saturated rings. The van der Waals surface area contributed by atoms with Crippen LogP contribution in [0, 0.1) is 6.92 Å². The first kappa shape index (κ1) is 19.7. The molecule has 3 rings (SSSR count). The molecule has 7 nitrogen and oxygen atoms in total. The van der Waals surface area contributed by atoms with Crippen LogP contribution in [0.15, 0.2) is 21.3 Å². The topological polar surface area (TPSA) is 82.2 Å². The van der Waals surface area contributed by atoms with Crippen molar-refractivity contribution in [2.24, 2.45) is 0 Å². The van der Waals surface area contributed by atoms with Crippen molar-refractivity contribution in [3.63, 3.8) is 0 Å². The van der Waals surface area contributed by atoms with E-state index >= 15 is 0 Å². The highest BCUT2D eigenvalue weighted by molar-refractivity contribution is 6.32. The summed E-state index contributed by atoms with van der Waals surface area (Å²) in [6.07, 6.45) is -0.0216. The lowest BCUT2D eigenvalue weighted by molar-refractivity contribution is -0.906. The number of morpholine rings is 1. The highest BCUT2D eigenvalue weighted by Crippen LogP contribution is 2.31. The molecular formula is C19H24ClN2O5+. The molecule has 1 amide bonds. The number of hydrogen-bond acceptors (Lipinski definition) is 5. The number of amides is 1. The minimum atomic E-state index is -0.515. The minimum absolute atomic E-state index is 0.0216. The van der Waals surface area contributed by atoms with Crippen molar-refractivity contribution in [2.75, 3.05) is 46.5 Å². The number of ether oxygens (including phenoxy) is 2. The molecular weight excluding hydrogens is 372 g/mol. The van der Waals surface area contributed by atoms with Gasteiger partial charge in [0.1, 0.15) is 24.4 Å². The molecule has 0 atom stereocenters. The number of nitrogens with one attached hydrogen (secondary N) is 2. The fourth-order valence-corrected chi connectivity index (χ4v) is 3.50. The number of carbonyl (C=O) groups is 1. The van der Waals surface area contributed by atoms with Crippen molar-refractivity contribution in [1.82, 2.24) is 5.32 Å². The van der Waals surface area contributed by atoms with E-state index in [2.05, 4.69) is 5.32 Å². The summed E-state index contributed by atoms with van der Waals surface area (Å²) in [5, 5.41) is 4.00. The van der Waals surface area contributed by atoms with Crippen LogP contribution < -0.4 is 20.6 Å². The van der Waals surface area contributed by atoms with Crippen molar-refractivity contribution >= 4 is 28.5 Å². The fraction of sp³-hybridized carbons (Fsp3) is 0.474. The minimum Gasteiger partial charge on any atom is -0.495 e. The Hall–Kier alpha value is -2.09. The summed E-state index contributed by atoms with van der Waals surface area (Å²) >= 11 is 6.18. The van der Waals surface area contributed by atoms with Gasteiger partial charge in [-0.05, 0) is 18.6 Å². The summed E-state index contributed by atoms with van der Waals surface area (Å²) in [5.41, 5.74) is 0.914. The number of quaternary nitrogens is 1. The average molecular weight is 396 g/mol. The van der Waals surface area contributed by atoms with Crippen LogP contribution in [-0.2, 0) is 16.0 Å². The molecule has 0 saturated carbocycles. The van der Waals surface area contributed by atoms with Crippen molar-refractivity contribution < 1.29 is 23.6 Å². The summed E-state index contributed by atoms with van der Waals surface area (Å²) in [6.45, 7) is 6.62. The van der Waals surface area contributed by atoms with Gasteiger partial charge >= 0.3 is 5.63 Å². The summed E-state index contributed by atoms with van der Waals surface area (Å²) in [7, 11) is 1.50. The number of methoxy groups -OCH3 is 1. The lowest BCUT2D eigenvalue weighted by Gasteiger charge is -2.23. The number of rotatable bonds is 6. The molecule has 8 heteroatoms. The van der Waals surface area contributed by atoms with E-state index in [1.807, 2.05) is 0 Å². The third-order valence-corrected chi connectivity index (χ3v) is 5.19. The molecule has 0 radical (unpaired) electrons. The molecule has 1 saturated heterocycles. The van der Waals surface area contributed by atoms with E-state index in [1.165, 1.54) is 12.0 Å². The first-order valence-corrected chi connectivity index (χ1v) is 9.35. The number of fused-ring (bicyclic) bond motifs is 1. The molecule has 0 aliphatic carbocycles. The quantitative estimate of drug-likeness (QED) is 0.689. The highest BCUT2D eigenvalue weighted by Gasteiger charge is 2.18. The van der Waals surface area contributed by atoms with Gasteiger partial charge in [-0.15, -0.1) is 0 Å². The first-order valence-electron chi connectivity index (χ1n) is 8.97. The van der Waals surface area contributed by atoms with E-state index < -0.39 is 5.63 Å². The van der Waals surface area contributed by atoms with E-state index in [-0.39, 0.29) is 12.3 Å². The second-order valence-electron chi connectivity index (χ2n) is 6.62. The predicted molar refractivity (Wildman–Crippen MR) is 102 cm³/mol. The van der Waals surface area contributed by atoms with Gasteiger partial charge in [0.15, 0.2) is 0 Å². The van der Waals surface area contributed by atoms with Crippen molar-refractivity contribution in [3.8, 4) is 5.75 Å². The average Bonchev–Trinajstić information content (AvgIpc) is 2.66. The lowest BCUT2D eigenvalue weighted by atomic mass is 10.0. The van der Waals surface area contributed by atoms with Crippen LogP contribution in [0.1, 0.15) is 11.1 Å². The number of hydrogen-bond donors (Lipinski definition) is 2. The Labute approximate surface area is 162 Å². The standard InChI is InChI=1S/C19H23ClN2O5/c1-12-13-9-15(20)17(25-2)11-16(13)27-19(24)14(12)10-18(23)21-3-4-22-5-7-26-8-6-22/h9,11H,3-8,10H2,1-2H3,(H,21,23)/p+1. The molecule has 2 aromatic rings. The third-order valence-electron chi connectivity index (χ3n) is 4.90. The molecule has 1 aliphatic heterocycles. The van der Waals surface area contributed by atoms with Crippen LogP contribution in [0.4, 0.5) is 0 Å². The second kappa shape index (κ2) is 8.73. The monoisotopic (exact) mass is 395 g/mol. The summed E-state index contributed by atoms with van der Waals surface area (Å²) in [6, 6.07) is 3.28. The maximum Gasteiger partial charge on any atom is 0.340 e. The van der Waals surface area contributed by atoms with E-state index in [1.54, 1.807) is 19.1 Å². The van der Waals surface area contributed by atoms with E-state index in [4.69, 9.17) is 25.5 Å². The highest BCUT2D eigenvalue weighted by atomic mass is 35.5. The van der Waals surface area contributed by atoms with Gasteiger partial charge in [0.25, 0.3) is 0 Å². The fourth-order valence-electron chi connectivity index (χ4n) is 3.26. The van der Waals surface area contributed by atoms with Gasteiger partial charge in [0, 0.05) is 11.5 Å². The summed E-state index contributed by atoms with van der Waals surface area (Å²) in [4.78, 5) is 26.1. The Bertz CT molecular complexity index is 890. The second-order valence-corrected chi connectivity index (χ2v) is 7.02. The number of halogens is 1. The Morgan fingerprint density at radius 1 is 1.33 bits per heavy atom. The lowest BCUT2D eigenvalue weighted by Crippen LogP contribution is -3.14. The van der Waals surface area contributed by atoms with Crippen LogP contribution in [0.2, 0.25) is 5.02 Å². The molecule has 27 heavy (non-hydrogen) atoms. The molecule has 146 valence electrons. The van der Waals surface area contributed by atoms with Crippen molar-refractivity contribution in [2.45, 2.75) is 13.3 Å². The van der Waals surface area contributed by atoms with Crippen molar-refractivity contribution in [1.29, 1.82) is 0 Å². The van der Waals surface area contributed by atoms with E-state index in [9.17, 15) is 9.59 Å². The van der Waals surface area contributed by atoms with Gasteiger partial charge in [-0.3, -0.25) is 4.79 Å². The van der Waals surface area contributed by atoms with E-state index in [0.29, 0.717) is 39.4 Å². The third kappa shape index (κ3) is 4.61. The normalized spacial score (nSPS) is 15.1. The Morgan fingerprint density at radius 3 is 2.78 bits per heavy atom. The predicted octanol–water partition coefficient (Wildman–Crippen LogP) is 0.337. The molecule has 1 aromatic carbocycles. The van der Waals surface area contributed by atoms with Crippen LogP contribution in [0.25, 0.3) is 11.0 Å². The Balaban J connectivity index is 1.70. The molecule has 1 aromatic heterocycles. The van der Waals surface area contributed by atoms with Crippen LogP contribution in [0.5, 0.6) is 5.75 Å². The molecule has 0 spiro atoms. The largest absolute Gasteiger partial charge is 0.495 e. The van der Waals surface area contributed by atoms with Gasteiger partial charge < -0.3 is 24.1 Å². The summed E-state index contributed by atoms with van der Waals surface area (Å²) < 4.78 is 15.9. The Morgan fingerprint density at radius 2 is 2.07 bits per heavy atom. The van der Waals surface area contributed by atoms with Gasteiger partial charge in [-0.2, -0.15) is 0 Å². The van der Waals surface area contributed by atoms with Gasteiger partial charge in [-0.25, -0.2) is 4.79 Å². The summed E-state index contributed by atoms with van der Waals surface area (Å²) in [5.74, 6) is 0.236. The van der Waals surface area contributed by atoms with Crippen molar-refractivity contribution in [3.05, 3.63) is 38.7 Å². The van der Waals surface area contributed by atoms with Gasteiger partial charge in [0.05, 0.1) is 50.4 Å². The SMILES string of the molecule is COc1cc2oc(=O)c(CC(=O)NCC[NH+]3CCOCC3)c(C)c2cc1Cl. The van der Waals surface area contributed by atoms with E-state index in [0.717, 1.165) is 32.8 Å². The maximum absolute atomic E-state index is 12.4. The van der Waals surface area contributed by atoms with Gasteiger partial charge in [0.2, 0.25) is 5.91 Å². The zero-order valence-corrected chi connectivity index (χ0v) is 16.3. The van der Waals surface area contributed by atoms with Crippen LogP contribution in [0.3, 0.4) is 0 Å². The molecule has 2 heterocycles. The smallest absolute Gasteiger partial charge is 0.340 e.